The van der Waals surface area contributed by atoms with Gasteiger partial charge in [0, 0.05) is 10.9 Å². The van der Waals surface area contributed by atoms with Crippen molar-refractivity contribution in [1.29, 1.82) is 0 Å². The van der Waals surface area contributed by atoms with Gasteiger partial charge in [-0.05, 0) is 32.0 Å². The molecule has 4 heteroatoms. The molecule has 1 unspecified atom stereocenters. The number of hydrogen-bond acceptors (Lipinski definition) is 4. The summed E-state index contributed by atoms with van der Waals surface area (Å²) in [7, 11) is 0. The van der Waals surface area contributed by atoms with Crippen LogP contribution in [0.25, 0.3) is 11.0 Å². The van der Waals surface area contributed by atoms with Crippen LogP contribution >= 0.6 is 0 Å². The first-order valence-corrected chi connectivity index (χ1v) is 6.20. The molecular weight excluding hydrogens is 238 g/mol. The first kappa shape index (κ1) is 11.9. The van der Waals surface area contributed by atoms with Gasteiger partial charge in [0.1, 0.15) is 11.3 Å². The molecule has 0 saturated carbocycles. The molecule has 19 heavy (non-hydrogen) atoms. The Bertz CT molecular complexity index is 700. The number of furan rings is 1. The zero-order valence-corrected chi connectivity index (χ0v) is 10.9. The molecular formula is C15H15N3O. The van der Waals surface area contributed by atoms with Crippen molar-refractivity contribution in [1.82, 2.24) is 10.2 Å². The number of hydrogen-bond donors (Lipinski definition) is 1. The summed E-state index contributed by atoms with van der Waals surface area (Å²) in [5.74, 6) is 0.747. The lowest BCUT2D eigenvalue weighted by atomic mass is 10.0. The highest BCUT2D eigenvalue weighted by Gasteiger charge is 2.17. The van der Waals surface area contributed by atoms with Crippen molar-refractivity contribution in [2.75, 3.05) is 0 Å². The van der Waals surface area contributed by atoms with E-state index in [0.717, 1.165) is 33.7 Å². The highest BCUT2D eigenvalue weighted by atomic mass is 16.3. The Balaban J connectivity index is 2.07. The Morgan fingerprint density at radius 3 is 2.68 bits per heavy atom. The summed E-state index contributed by atoms with van der Waals surface area (Å²) in [6.45, 7) is 3.81. The molecule has 1 aromatic carbocycles. The molecule has 0 bridgehead atoms. The predicted molar refractivity (Wildman–Crippen MR) is 73.8 cm³/mol. The van der Waals surface area contributed by atoms with Crippen LogP contribution in [0, 0.1) is 13.8 Å². The SMILES string of the molecule is Cc1cc(C(N)c2cc3ccccc3o2)c(C)nn1. The lowest BCUT2D eigenvalue weighted by molar-refractivity contribution is 0.523. The molecule has 0 radical (unpaired) electrons. The van der Waals surface area contributed by atoms with Gasteiger partial charge in [0.2, 0.25) is 0 Å². The predicted octanol–water partition coefficient (Wildman–Crippen LogP) is 2.89. The third-order valence-corrected chi connectivity index (χ3v) is 3.23. The molecule has 4 nitrogen and oxygen atoms in total. The van der Waals surface area contributed by atoms with Crippen LogP contribution in [0.15, 0.2) is 40.8 Å². The minimum absolute atomic E-state index is 0.318. The van der Waals surface area contributed by atoms with Crippen LogP contribution in [0.2, 0.25) is 0 Å². The fourth-order valence-corrected chi connectivity index (χ4v) is 2.19. The van der Waals surface area contributed by atoms with Crippen LogP contribution in [0.4, 0.5) is 0 Å². The quantitative estimate of drug-likeness (QED) is 0.762. The van der Waals surface area contributed by atoms with E-state index in [1.807, 2.05) is 50.2 Å². The summed E-state index contributed by atoms with van der Waals surface area (Å²) in [6, 6.07) is 11.5. The minimum atomic E-state index is -0.318. The zero-order chi connectivity index (χ0) is 13.4. The van der Waals surface area contributed by atoms with E-state index >= 15 is 0 Å². The third-order valence-electron chi connectivity index (χ3n) is 3.23. The van der Waals surface area contributed by atoms with Gasteiger partial charge in [-0.2, -0.15) is 10.2 Å². The monoisotopic (exact) mass is 253 g/mol. The standard InChI is InChI=1S/C15H15N3O/c1-9-7-12(10(2)18-17-9)15(16)14-8-11-5-3-4-6-13(11)19-14/h3-8,15H,16H2,1-2H3. The van der Waals surface area contributed by atoms with Gasteiger partial charge >= 0.3 is 0 Å². The summed E-state index contributed by atoms with van der Waals surface area (Å²) in [5, 5.41) is 9.19. The largest absolute Gasteiger partial charge is 0.459 e. The smallest absolute Gasteiger partial charge is 0.134 e. The highest BCUT2D eigenvalue weighted by molar-refractivity contribution is 5.77. The van der Waals surface area contributed by atoms with E-state index in [1.54, 1.807) is 0 Å². The van der Waals surface area contributed by atoms with Gasteiger partial charge in [0.15, 0.2) is 0 Å². The van der Waals surface area contributed by atoms with Crippen molar-refractivity contribution in [3.63, 3.8) is 0 Å². The maximum Gasteiger partial charge on any atom is 0.134 e. The number of benzene rings is 1. The zero-order valence-electron chi connectivity index (χ0n) is 10.9. The molecule has 0 amide bonds. The molecule has 0 fully saturated rings. The summed E-state index contributed by atoms with van der Waals surface area (Å²) >= 11 is 0. The average Bonchev–Trinajstić information content (AvgIpc) is 2.84. The molecule has 1 atom stereocenters. The number of rotatable bonds is 2. The maximum absolute atomic E-state index is 6.29. The van der Waals surface area contributed by atoms with E-state index in [4.69, 9.17) is 10.2 Å². The Hall–Kier alpha value is -2.20. The van der Waals surface area contributed by atoms with Crippen LogP contribution in [0.3, 0.4) is 0 Å². The molecule has 0 aliphatic heterocycles. The number of nitrogens with two attached hydrogens (primary N) is 1. The van der Waals surface area contributed by atoms with Crippen LogP contribution in [-0.2, 0) is 0 Å². The van der Waals surface area contributed by atoms with Crippen molar-refractivity contribution >= 4 is 11.0 Å². The maximum atomic E-state index is 6.29. The van der Waals surface area contributed by atoms with Crippen molar-refractivity contribution in [2.45, 2.75) is 19.9 Å². The van der Waals surface area contributed by atoms with Gasteiger partial charge in [0.25, 0.3) is 0 Å². The molecule has 3 aromatic rings. The lowest BCUT2D eigenvalue weighted by Gasteiger charge is -2.11. The molecule has 96 valence electrons. The lowest BCUT2D eigenvalue weighted by Crippen LogP contribution is -2.14. The molecule has 0 aliphatic carbocycles. The highest BCUT2D eigenvalue weighted by Crippen LogP contribution is 2.27. The number of fused-ring (bicyclic) bond motifs is 1. The van der Waals surface area contributed by atoms with Crippen LogP contribution in [0.1, 0.15) is 28.8 Å². The van der Waals surface area contributed by atoms with E-state index in [1.165, 1.54) is 0 Å². The molecule has 2 N–H and O–H groups in total. The second-order valence-corrected chi connectivity index (χ2v) is 4.69. The van der Waals surface area contributed by atoms with Crippen molar-refractivity contribution in [3.8, 4) is 0 Å². The number of para-hydroxylation sites is 1. The van der Waals surface area contributed by atoms with Gasteiger partial charge in [-0.3, -0.25) is 0 Å². The summed E-state index contributed by atoms with van der Waals surface area (Å²) in [4.78, 5) is 0. The fourth-order valence-electron chi connectivity index (χ4n) is 2.19. The Labute approximate surface area is 111 Å². The van der Waals surface area contributed by atoms with Gasteiger partial charge in [-0.1, -0.05) is 18.2 Å². The third kappa shape index (κ3) is 2.11. The molecule has 2 heterocycles. The molecule has 0 saturated heterocycles. The summed E-state index contributed by atoms with van der Waals surface area (Å²) < 4.78 is 5.81. The van der Waals surface area contributed by atoms with Crippen LogP contribution in [0.5, 0.6) is 0 Å². The number of aryl methyl sites for hydroxylation is 2. The van der Waals surface area contributed by atoms with E-state index < -0.39 is 0 Å². The van der Waals surface area contributed by atoms with Crippen molar-refractivity contribution < 1.29 is 4.42 Å². The summed E-state index contributed by atoms with van der Waals surface area (Å²) in [6.07, 6.45) is 0. The second kappa shape index (κ2) is 4.48. The first-order chi connectivity index (χ1) is 9.15. The van der Waals surface area contributed by atoms with Gasteiger partial charge in [0.05, 0.1) is 17.4 Å². The normalized spacial score (nSPS) is 12.8. The Morgan fingerprint density at radius 2 is 1.89 bits per heavy atom. The minimum Gasteiger partial charge on any atom is -0.459 e. The summed E-state index contributed by atoms with van der Waals surface area (Å²) in [5.41, 5.74) is 9.78. The Kier molecular flexibility index (Phi) is 2.80. The van der Waals surface area contributed by atoms with Gasteiger partial charge in [-0.15, -0.1) is 0 Å². The van der Waals surface area contributed by atoms with Crippen LogP contribution in [-0.4, -0.2) is 10.2 Å². The average molecular weight is 253 g/mol. The fraction of sp³-hybridized carbons (Fsp3) is 0.200. The van der Waals surface area contributed by atoms with Gasteiger partial charge in [-0.25, -0.2) is 0 Å². The molecule has 3 rings (SSSR count). The van der Waals surface area contributed by atoms with E-state index in [0.29, 0.717) is 0 Å². The van der Waals surface area contributed by atoms with Crippen molar-refractivity contribution in [3.05, 3.63) is 59.1 Å². The molecule has 0 spiro atoms. The van der Waals surface area contributed by atoms with E-state index in [9.17, 15) is 0 Å². The van der Waals surface area contributed by atoms with Gasteiger partial charge < -0.3 is 10.2 Å². The second-order valence-electron chi connectivity index (χ2n) is 4.69. The number of aromatic nitrogens is 2. The van der Waals surface area contributed by atoms with Crippen molar-refractivity contribution in [2.24, 2.45) is 5.73 Å². The van der Waals surface area contributed by atoms with Crippen LogP contribution < -0.4 is 5.73 Å². The van der Waals surface area contributed by atoms with E-state index in [2.05, 4.69) is 10.2 Å². The first-order valence-electron chi connectivity index (χ1n) is 6.20. The van der Waals surface area contributed by atoms with E-state index in [-0.39, 0.29) is 6.04 Å². The Morgan fingerprint density at radius 1 is 1.11 bits per heavy atom. The topological polar surface area (TPSA) is 64.9 Å². The molecule has 2 aromatic heterocycles. The number of nitrogens with zero attached hydrogens (tertiary/aromatic N) is 2. The molecule has 0 aliphatic rings.